The van der Waals surface area contributed by atoms with Crippen LogP contribution in [-0.4, -0.2) is 69.6 Å². The van der Waals surface area contributed by atoms with Gasteiger partial charge in [-0.25, -0.2) is 9.59 Å². The fraction of sp³-hybridized carbons (Fsp3) is 0.562. The van der Waals surface area contributed by atoms with Crippen molar-refractivity contribution in [3.05, 3.63) is 24.3 Å². The molecule has 0 aromatic carbocycles. The number of carbonyl (C=O) groups excluding carboxylic acids is 3. The zero-order valence-corrected chi connectivity index (χ0v) is 14.6. The van der Waals surface area contributed by atoms with Crippen molar-refractivity contribution in [2.75, 3.05) is 40.5 Å². The zero-order valence-electron chi connectivity index (χ0n) is 14.6. The van der Waals surface area contributed by atoms with E-state index in [-0.39, 0.29) is 26.3 Å². The molecule has 0 spiro atoms. The molecule has 0 bridgehead atoms. The van der Waals surface area contributed by atoms with E-state index in [1.54, 1.807) is 13.8 Å². The van der Waals surface area contributed by atoms with Crippen molar-refractivity contribution in [3.8, 4) is 0 Å². The number of ether oxygens (including phenoxy) is 4. The van der Waals surface area contributed by atoms with Crippen molar-refractivity contribution < 1.29 is 33.3 Å². The number of carbonyl (C=O) groups is 3. The highest BCUT2D eigenvalue weighted by molar-refractivity contribution is 6.17. The minimum atomic E-state index is -0.919. The van der Waals surface area contributed by atoms with Gasteiger partial charge in [-0.3, -0.25) is 4.79 Å². The second kappa shape index (κ2) is 12.3. The summed E-state index contributed by atoms with van der Waals surface area (Å²) >= 11 is 0. The molecule has 0 aliphatic heterocycles. The monoisotopic (exact) mass is 343 g/mol. The van der Waals surface area contributed by atoms with Crippen molar-refractivity contribution in [2.45, 2.75) is 20.1 Å². The summed E-state index contributed by atoms with van der Waals surface area (Å²) in [5.74, 6) is -2.43. The summed E-state index contributed by atoms with van der Waals surface area (Å²) in [6.07, 6.45) is 1.74. The maximum absolute atomic E-state index is 12.4. The third kappa shape index (κ3) is 7.38. The molecule has 0 aliphatic carbocycles. The smallest absolute Gasteiger partial charge is 0.345 e. The number of amides is 1. The molecule has 0 fully saturated rings. The lowest BCUT2D eigenvalue weighted by atomic mass is 10.2. The molecular formula is C16H25NO7. The molecule has 0 saturated heterocycles. The lowest BCUT2D eigenvalue weighted by Crippen LogP contribution is -2.39. The van der Waals surface area contributed by atoms with Gasteiger partial charge in [0, 0.05) is 26.8 Å². The molecule has 0 rings (SSSR count). The number of methoxy groups -OCH3 is 2. The van der Waals surface area contributed by atoms with Gasteiger partial charge >= 0.3 is 11.9 Å². The molecule has 136 valence electrons. The lowest BCUT2D eigenvalue weighted by Gasteiger charge is -2.24. The molecule has 0 aliphatic rings. The Labute approximate surface area is 142 Å². The van der Waals surface area contributed by atoms with E-state index in [0.29, 0.717) is 0 Å². The Morgan fingerprint density at radius 1 is 1.04 bits per heavy atom. The standard InChI is InChI=1S/C16H25NO7/c1-6-9-17(11-14(21-4)22-5)13(18)10-12(15(19)23-7-2)16(20)24-8-3/h6,10,14H,1,7-9,11H2,2-5H3. The molecule has 0 radical (unpaired) electrons. The molecule has 0 atom stereocenters. The van der Waals surface area contributed by atoms with E-state index >= 15 is 0 Å². The maximum Gasteiger partial charge on any atom is 0.345 e. The van der Waals surface area contributed by atoms with Gasteiger partial charge in [0.1, 0.15) is 5.57 Å². The molecule has 0 heterocycles. The quantitative estimate of drug-likeness (QED) is 0.136. The van der Waals surface area contributed by atoms with Gasteiger partial charge in [0.2, 0.25) is 5.91 Å². The molecule has 0 aromatic heterocycles. The van der Waals surface area contributed by atoms with Crippen LogP contribution in [0, 0.1) is 0 Å². The Balaban J connectivity index is 5.42. The Morgan fingerprint density at radius 3 is 1.92 bits per heavy atom. The van der Waals surface area contributed by atoms with Gasteiger partial charge in [-0.15, -0.1) is 6.58 Å². The van der Waals surface area contributed by atoms with Gasteiger partial charge < -0.3 is 23.8 Å². The third-order valence-electron chi connectivity index (χ3n) is 2.81. The maximum atomic E-state index is 12.4. The predicted molar refractivity (Wildman–Crippen MR) is 85.9 cm³/mol. The van der Waals surface area contributed by atoms with Crippen LogP contribution in [0.1, 0.15) is 13.8 Å². The Kier molecular flexibility index (Phi) is 11.1. The van der Waals surface area contributed by atoms with Crippen LogP contribution in [0.4, 0.5) is 0 Å². The SMILES string of the molecule is C=CCN(CC(OC)OC)C(=O)C=C(C(=O)OCC)C(=O)OCC. The first-order valence-electron chi connectivity index (χ1n) is 7.46. The lowest BCUT2D eigenvalue weighted by molar-refractivity contribution is -0.147. The summed E-state index contributed by atoms with van der Waals surface area (Å²) in [4.78, 5) is 37.5. The number of esters is 2. The Morgan fingerprint density at radius 2 is 1.54 bits per heavy atom. The van der Waals surface area contributed by atoms with Gasteiger partial charge in [0.25, 0.3) is 0 Å². The molecule has 0 unspecified atom stereocenters. The number of nitrogens with zero attached hydrogens (tertiary/aromatic N) is 1. The first-order chi connectivity index (χ1) is 11.4. The van der Waals surface area contributed by atoms with Crippen LogP contribution in [0.3, 0.4) is 0 Å². The van der Waals surface area contributed by atoms with E-state index in [1.807, 2.05) is 0 Å². The predicted octanol–water partition coefficient (Wildman–Crippen LogP) is 0.672. The molecule has 0 N–H and O–H groups in total. The average Bonchev–Trinajstić information content (AvgIpc) is 2.56. The van der Waals surface area contributed by atoms with Gasteiger partial charge in [0.05, 0.1) is 19.8 Å². The van der Waals surface area contributed by atoms with Crippen molar-refractivity contribution in [3.63, 3.8) is 0 Å². The summed E-state index contributed by atoms with van der Waals surface area (Å²) < 4.78 is 19.7. The van der Waals surface area contributed by atoms with Crippen LogP contribution in [0.2, 0.25) is 0 Å². The molecule has 8 heteroatoms. The van der Waals surface area contributed by atoms with Crippen molar-refractivity contribution in [1.29, 1.82) is 0 Å². The van der Waals surface area contributed by atoms with Crippen LogP contribution in [0.15, 0.2) is 24.3 Å². The van der Waals surface area contributed by atoms with Crippen LogP contribution in [-0.2, 0) is 33.3 Å². The molecule has 8 nitrogen and oxygen atoms in total. The van der Waals surface area contributed by atoms with Crippen molar-refractivity contribution in [2.24, 2.45) is 0 Å². The number of hydrogen-bond acceptors (Lipinski definition) is 7. The summed E-state index contributed by atoms with van der Waals surface area (Å²) in [6, 6.07) is 0. The summed E-state index contributed by atoms with van der Waals surface area (Å²) in [5.41, 5.74) is -0.468. The first-order valence-corrected chi connectivity index (χ1v) is 7.46. The Bertz CT molecular complexity index is 449. The van der Waals surface area contributed by atoms with Crippen molar-refractivity contribution >= 4 is 17.8 Å². The second-order valence-electron chi connectivity index (χ2n) is 4.43. The topological polar surface area (TPSA) is 91.4 Å². The minimum absolute atomic E-state index is 0.0650. The highest BCUT2D eigenvalue weighted by Gasteiger charge is 2.25. The fourth-order valence-corrected chi connectivity index (χ4v) is 1.67. The largest absolute Gasteiger partial charge is 0.462 e. The van der Waals surface area contributed by atoms with Crippen LogP contribution >= 0.6 is 0 Å². The van der Waals surface area contributed by atoms with Gasteiger partial charge in [-0.1, -0.05) is 6.08 Å². The van der Waals surface area contributed by atoms with Crippen LogP contribution in [0.25, 0.3) is 0 Å². The highest BCUT2D eigenvalue weighted by Crippen LogP contribution is 2.06. The van der Waals surface area contributed by atoms with E-state index in [9.17, 15) is 14.4 Å². The Hall–Kier alpha value is -2.19. The number of rotatable bonds is 11. The summed E-state index contributed by atoms with van der Waals surface area (Å²) in [6.45, 7) is 7.15. The van der Waals surface area contributed by atoms with Gasteiger partial charge in [-0.05, 0) is 13.8 Å². The fourth-order valence-electron chi connectivity index (χ4n) is 1.67. The molecule has 24 heavy (non-hydrogen) atoms. The van der Waals surface area contributed by atoms with E-state index in [2.05, 4.69) is 6.58 Å². The van der Waals surface area contributed by atoms with E-state index in [1.165, 1.54) is 25.2 Å². The van der Waals surface area contributed by atoms with Crippen LogP contribution < -0.4 is 0 Å². The summed E-state index contributed by atoms with van der Waals surface area (Å²) in [7, 11) is 2.87. The van der Waals surface area contributed by atoms with Crippen molar-refractivity contribution in [1.82, 2.24) is 4.90 Å². The second-order valence-corrected chi connectivity index (χ2v) is 4.43. The molecule has 0 aromatic rings. The van der Waals surface area contributed by atoms with Gasteiger partial charge in [-0.2, -0.15) is 0 Å². The normalized spacial score (nSPS) is 10.0. The van der Waals surface area contributed by atoms with Crippen LogP contribution in [0.5, 0.6) is 0 Å². The minimum Gasteiger partial charge on any atom is -0.462 e. The number of hydrogen-bond donors (Lipinski definition) is 0. The van der Waals surface area contributed by atoms with Gasteiger partial charge in [0.15, 0.2) is 6.29 Å². The van der Waals surface area contributed by atoms with E-state index < -0.39 is 29.7 Å². The molecular weight excluding hydrogens is 318 g/mol. The first kappa shape index (κ1) is 21.8. The van der Waals surface area contributed by atoms with E-state index in [4.69, 9.17) is 18.9 Å². The summed E-state index contributed by atoms with van der Waals surface area (Å²) in [5, 5.41) is 0. The third-order valence-corrected chi connectivity index (χ3v) is 2.81. The molecule has 1 amide bonds. The van der Waals surface area contributed by atoms with E-state index in [0.717, 1.165) is 6.08 Å². The zero-order chi connectivity index (χ0) is 18.5. The highest BCUT2D eigenvalue weighted by atomic mass is 16.7. The molecule has 0 saturated carbocycles. The average molecular weight is 343 g/mol.